The van der Waals surface area contributed by atoms with Crippen molar-refractivity contribution in [2.75, 3.05) is 13.1 Å². The SMILES string of the molecule is CCCCCC(C)(C)CN(C=O)C(=O)C(=O)c1ccc(C(=O)C(=O)NC=O)c2c(C(=O)C(=O)NC=O)c3c(c(C(=O)C(=O)N(C=O)CC(C)(C)CCCCC)c12)C(=O)NC3=O. The summed E-state index contributed by atoms with van der Waals surface area (Å²) in [4.78, 5) is 186. The van der Waals surface area contributed by atoms with E-state index in [0.717, 1.165) is 25.7 Å². The van der Waals surface area contributed by atoms with Gasteiger partial charge in [0.25, 0.3) is 46.8 Å². The van der Waals surface area contributed by atoms with Gasteiger partial charge in [-0.1, -0.05) is 80.1 Å². The molecule has 0 fully saturated rings. The largest absolute Gasteiger partial charge is 0.301 e. The van der Waals surface area contributed by atoms with Crippen LogP contribution >= 0.6 is 0 Å². The van der Waals surface area contributed by atoms with Crippen molar-refractivity contribution in [3.63, 3.8) is 0 Å². The molecule has 324 valence electrons. The second kappa shape index (κ2) is 20.4. The summed E-state index contributed by atoms with van der Waals surface area (Å²) in [7, 11) is 0. The van der Waals surface area contributed by atoms with E-state index in [1.807, 2.05) is 19.2 Å². The van der Waals surface area contributed by atoms with Gasteiger partial charge in [0, 0.05) is 46.1 Å². The second-order valence-electron chi connectivity index (χ2n) is 16.0. The van der Waals surface area contributed by atoms with Crippen LogP contribution in [0.5, 0.6) is 0 Å². The molecule has 0 aliphatic carbocycles. The number of hydrogen-bond donors (Lipinski definition) is 3. The molecule has 0 spiro atoms. The average Bonchev–Trinajstić information content (AvgIpc) is 3.51. The van der Waals surface area contributed by atoms with Crippen LogP contribution in [0.1, 0.15) is 155 Å². The van der Waals surface area contributed by atoms with Gasteiger partial charge in [-0.15, -0.1) is 0 Å². The fraction of sp³-hybridized carbons (Fsp3) is 0.429. The van der Waals surface area contributed by atoms with Crippen molar-refractivity contribution in [1.29, 1.82) is 0 Å². The first kappa shape index (κ1) is 48.4. The molecule has 0 saturated carbocycles. The number of amides is 10. The summed E-state index contributed by atoms with van der Waals surface area (Å²) in [6, 6.07) is 1.35. The fourth-order valence-electron chi connectivity index (χ4n) is 7.20. The predicted molar refractivity (Wildman–Crippen MR) is 213 cm³/mol. The molecule has 10 amide bonds. The van der Waals surface area contributed by atoms with Crippen LogP contribution in [-0.2, 0) is 38.4 Å². The molecule has 2 aromatic carbocycles. The zero-order valence-electron chi connectivity index (χ0n) is 34.6. The van der Waals surface area contributed by atoms with E-state index < -0.39 is 114 Å². The number of ketones is 4. The van der Waals surface area contributed by atoms with Gasteiger partial charge in [0.05, 0.1) is 11.1 Å². The molecule has 19 heteroatoms. The molecule has 1 heterocycles. The molecule has 0 bridgehead atoms. The summed E-state index contributed by atoms with van der Waals surface area (Å²) in [5.41, 5.74) is -8.22. The van der Waals surface area contributed by atoms with Gasteiger partial charge in [0.2, 0.25) is 25.6 Å². The van der Waals surface area contributed by atoms with Crippen molar-refractivity contribution in [1.82, 2.24) is 25.8 Å². The Hall–Kier alpha value is -6.92. The van der Waals surface area contributed by atoms with Gasteiger partial charge in [-0.25, -0.2) is 0 Å². The zero-order valence-corrected chi connectivity index (χ0v) is 34.6. The fourth-order valence-corrected chi connectivity index (χ4v) is 7.20. The number of carbonyl (C=O) groups excluding carboxylic acids is 14. The summed E-state index contributed by atoms with van der Waals surface area (Å²) >= 11 is 0. The van der Waals surface area contributed by atoms with Crippen LogP contribution in [0.25, 0.3) is 10.8 Å². The highest BCUT2D eigenvalue weighted by atomic mass is 16.2. The van der Waals surface area contributed by atoms with Crippen LogP contribution in [0.15, 0.2) is 12.1 Å². The van der Waals surface area contributed by atoms with E-state index in [1.165, 1.54) is 5.32 Å². The standard InChI is InChI=1S/C42H47N5O14/c1-7-9-11-15-41(3,4)17-46(21-50)39(60)32(53)24-14-13-23(31(52)37(58)43-19-48)25-26(24)28(34(55)40(61)47(22-51)18-42(5,6)16-12-10-8-2)30-29(35(56)45-36(30)57)27(25)33(54)38(59)44-20-49/h13-14,19-22H,7-12,15-18H2,1-6H3,(H,43,48,58)(H,44,49,59)(H,45,56,57). The monoisotopic (exact) mass is 845 g/mol. The van der Waals surface area contributed by atoms with E-state index in [1.54, 1.807) is 33.0 Å². The number of rotatable bonds is 24. The van der Waals surface area contributed by atoms with Gasteiger partial charge in [-0.05, 0) is 35.8 Å². The zero-order chi connectivity index (χ0) is 46.0. The number of hydrogen-bond acceptors (Lipinski definition) is 14. The van der Waals surface area contributed by atoms with E-state index in [9.17, 15) is 67.1 Å². The third-order valence-electron chi connectivity index (χ3n) is 10.1. The van der Waals surface area contributed by atoms with Gasteiger partial charge in [-0.3, -0.25) is 92.9 Å². The van der Waals surface area contributed by atoms with Gasteiger partial charge in [-0.2, -0.15) is 0 Å². The minimum absolute atomic E-state index is 0.0234. The summed E-state index contributed by atoms with van der Waals surface area (Å²) in [6.45, 7) is 10.1. The molecule has 0 atom stereocenters. The maximum atomic E-state index is 14.7. The molecule has 0 saturated heterocycles. The summed E-state index contributed by atoms with van der Waals surface area (Å²) in [5, 5.41) is 2.72. The maximum Gasteiger partial charge on any atom is 0.301 e. The molecular formula is C42H47N5O14. The van der Waals surface area contributed by atoms with Crippen LogP contribution in [0, 0.1) is 10.8 Å². The first-order chi connectivity index (χ1) is 28.7. The minimum Gasteiger partial charge on any atom is -0.292 e. The number of benzene rings is 2. The van der Waals surface area contributed by atoms with Crippen molar-refractivity contribution in [2.45, 2.75) is 92.9 Å². The quantitative estimate of drug-likeness (QED) is 0.0449. The molecule has 0 radical (unpaired) electrons. The summed E-state index contributed by atoms with van der Waals surface area (Å²) in [5.74, 6) is -16.6. The lowest BCUT2D eigenvalue weighted by atomic mass is 9.80. The normalized spacial score (nSPS) is 12.1. The number of nitrogens with one attached hydrogen (secondary N) is 3. The Labute approximate surface area is 349 Å². The molecule has 0 unspecified atom stereocenters. The highest BCUT2D eigenvalue weighted by molar-refractivity contribution is 6.56. The van der Waals surface area contributed by atoms with E-state index in [0.29, 0.717) is 47.6 Å². The number of Topliss-reactive ketones (excluding diaryl/α,β-unsaturated/α-hetero) is 4. The number of nitrogens with zero attached hydrogens (tertiary/aromatic N) is 2. The van der Waals surface area contributed by atoms with Crippen LogP contribution in [-0.4, -0.2) is 107 Å². The van der Waals surface area contributed by atoms with Crippen LogP contribution in [0.2, 0.25) is 0 Å². The van der Waals surface area contributed by atoms with Crippen molar-refractivity contribution >= 4 is 95.0 Å². The lowest BCUT2D eigenvalue weighted by Crippen LogP contribution is -2.43. The Morgan fingerprint density at radius 1 is 0.574 bits per heavy atom. The van der Waals surface area contributed by atoms with E-state index >= 15 is 0 Å². The van der Waals surface area contributed by atoms with E-state index in [-0.39, 0.29) is 38.7 Å². The molecule has 2 aromatic rings. The van der Waals surface area contributed by atoms with Crippen LogP contribution in [0.3, 0.4) is 0 Å². The third-order valence-corrected chi connectivity index (χ3v) is 10.1. The molecule has 0 aromatic heterocycles. The van der Waals surface area contributed by atoms with E-state index in [2.05, 4.69) is 0 Å². The third kappa shape index (κ3) is 10.6. The Kier molecular flexibility index (Phi) is 16.2. The lowest BCUT2D eigenvalue weighted by Gasteiger charge is -2.29. The topological polar surface area (TPSA) is 282 Å². The highest BCUT2D eigenvalue weighted by Gasteiger charge is 2.45. The van der Waals surface area contributed by atoms with Crippen molar-refractivity contribution < 1.29 is 67.1 Å². The Bertz CT molecular complexity index is 2260. The van der Waals surface area contributed by atoms with Crippen LogP contribution < -0.4 is 16.0 Å². The summed E-state index contributed by atoms with van der Waals surface area (Å²) in [6.07, 6.45) is 5.31. The Morgan fingerprint density at radius 2 is 0.951 bits per heavy atom. The Balaban J connectivity index is 2.61. The number of carbonyl (C=O) groups is 14. The molecule has 3 rings (SSSR count). The molecular weight excluding hydrogens is 798 g/mol. The minimum atomic E-state index is -1.85. The molecule has 19 nitrogen and oxygen atoms in total. The Morgan fingerprint density at radius 3 is 1.34 bits per heavy atom. The molecule has 61 heavy (non-hydrogen) atoms. The molecule has 1 aliphatic rings. The number of unbranched alkanes of at least 4 members (excludes halogenated alkanes) is 4. The number of imide groups is 5. The van der Waals surface area contributed by atoms with Gasteiger partial charge < -0.3 is 0 Å². The van der Waals surface area contributed by atoms with Crippen LogP contribution in [0.4, 0.5) is 0 Å². The average molecular weight is 846 g/mol. The first-order valence-electron chi connectivity index (χ1n) is 19.4. The number of fused-ring (bicyclic) bond motifs is 2. The van der Waals surface area contributed by atoms with Gasteiger partial charge in [0.15, 0.2) is 0 Å². The summed E-state index contributed by atoms with van der Waals surface area (Å²) < 4.78 is 0. The second-order valence-corrected chi connectivity index (χ2v) is 16.0. The van der Waals surface area contributed by atoms with Crippen molar-refractivity contribution in [3.05, 3.63) is 45.5 Å². The van der Waals surface area contributed by atoms with Crippen molar-refractivity contribution in [2.24, 2.45) is 10.8 Å². The van der Waals surface area contributed by atoms with Crippen molar-refractivity contribution in [3.8, 4) is 0 Å². The predicted octanol–water partition coefficient (Wildman–Crippen LogP) is 2.18. The van der Waals surface area contributed by atoms with E-state index in [4.69, 9.17) is 0 Å². The highest BCUT2D eigenvalue weighted by Crippen LogP contribution is 2.39. The smallest absolute Gasteiger partial charge is 0.292 e. The molecule has 3 N–H and O–H groups in total. The first-order valence-corrected chi connectivity index (χ1v) is 19.4. The van der Waals surface area contributed by atoms with Gasteiger partial charge in [0.1, 0.15) is 0 Å². The lowest BCUT2D eigenvalue weighted by molar-refractivity contribution is -0.137. The molecule has 1 aliphatic heterocycles. The van der Waals surface area contributed by atoms with Gasteiger partial charge >= 0.3 is 11.8 Å². The maximum absolute atomic E-state index is 14.7.